The highest BCUT2D eigenvalue weighted by atomic mass is 16.2. The largest absolute Gasteiger partial charge is 0.364 e. The first-order chi connectivity index (χ1) is 18.0. The van der Waals surface area contributed by atoms with Crippen LogP contribution >= 0.6 is 0 Å². The van der Waals surface area contributed by atoms with Crippen LogP contribution in [0.2, 0.25) is 0 Å². The number of hydrogen-bond donors (Lipinski definition) is 2. The Morgan fingerprint density at radius 1 is 1.18 bits per heavy atom. The lowest BCUT2D eigenvalue weighted by atomic mass is 9.83. The molecule has 1 aromatic carbocycles. The molecule has 0 radical (unpaired) electrons. The fraction of sp³-hybridized carbons (Fsp3) is 0.500. The van der Waals surface area contributed by atoms with Gasteiger partial charge >= 0.3 is 0 Å². The molecule has 2 N–H and O–H groups in total. The van der Waals surface area contributed by atoms with Crippen LogP contribution in [-0.4, -0.2) is 29.4 Å². The molecule has 4 heteroatoms. The van der Waals surface area contributed by atoms with E-state index < -0.39 is 5.54 Å². The van der Waals surface area contributed by atoms with Gasteiger partial charge in [0.15, 0.2) is 0 Å². The van der Waals surface area contributed by atoms with E-state index >= 15 is 0 Å². The zero-order valence-electron chi connectivity index (χ0n) is 25.0. The summed E-state index contributed by atoms with van der Waals surface area (Å²) in [5, 5.41) is 7.34. The van der Waals surface area contributed by atoms with E-state index in [2.05, 4.69) is 119 Å². The lowest BCUT2D eigenvalue weighted by Crippen LogP contribution is -2.49. The maximum absolute atomic E-state index is 14.3. The summed E-state index contributed by atoms with van der Waals surface area (Å²) < 4.78 is 0. The number of rotatable bonds is 8. The summed E-state index contributed by atoms with van der Waals surface area (Å²) >= 11 is 0. The first-order valence-electron chi connectivity index (χ1n) is 14.4. The molecule has 1 saturated heterocycles. The second kappa shape index (κ2) is 12.2. The van der Waals surface area contributed by atoms with Crippen molar-refractivity contribution in [1.82, 2.24) is 15.5 Å². The second-order valence-corrected chi connectivity index (χ2v) is 11.6. The SMILES string of the molecule is C=C(C)/C(C(=O)NC(CC)(CC)c1ccc(C)cc1)=C1/N[C@@H](C2=CCC=CC=C2CC)CCC(C)(C)N1C. The van der Waals surface area contributed by atoms with Crippen LogP contribution in [0.4, 0.5) is 0 Å². The van der Waals surface area contributed by atoms with E-state index in [0.717, 1.165) is 55.5 Å². The monoisotopic (exact) mass is 515 g/mol. The van der Waals surface area contributed by atoms with Gasteiger partial charge in [-0.3, -0.25) is 4.79 Å². The molecule has 1 atom stereocenters. The molecule has 3 rings (SSSR count). The Labute approximate surface area is 231 Å². The zero-order chi connectivity index (χ0) is 28.1. The summed E-state index contributed by atoms with van der Waals surface area (Å²) in [6.07, 6.45) is 14.5. The van der Waals surface area contributed by atoms with Crippen molar-refractivity contribution in [1.29, 1.82) is 0 Å². The summed E-state index contributed by atoms with van der Waals surface area (Å²) in [4.78, 5) is 16.5. The third-order valence-corrected chi connectivity index (χ3v) is 8.69. The number of hydrogen-bond acceptors (Lipinski definition) is 3. The van der Waals surface area contributed by atoms with Crippen molar-refractivity contribution in [2.24, 2.45) is 0 Å². The van der Waals surface area contributed by atoms with Crippen LogP contribution < -0.4 is 10.6 Å². The van der Waals surface area contributed by atoms with Crippen LogP contribution in [0, 0.1) is 6.92 Å². The van der Waals surface area contributed by atoms with Gasteiger partial charge in [-0.15, -0.1) is 0 Å². The van der Waals surface area contributed by atoms with Crippen molar-refractivity contribution in [3.8, 4) is 0 Å². The molecule has 1 amide bonds. The van der Waals surface area contributed by atoms with Crippen LogP contribution in [0.5, 0.6) is 0 Å². The van der Waals surface area contributed by atoms with E-state index in [0.29, 0.717) is 5.57 Å². The minimum absolute atomic E-state index is 0.0738. The van der Waals surface area contributed by atoms with Gasteiger partial charge in [-0.1, -0.05) is 81.5 Å². The van der Waals surface area contributed by atoms with Gasteiger partial charge in [0.2, 0.25) is 0 Å². The van der Waals surface area contributed by atoms with Gasteiger partial charge in [-0.05, 0) is 88.5 Å². The molecule has 0 bridgehead atoms. The number of carbonyl (C=O) groups excluding carboxylic acids is 1. The lowest BCUT2D eigenvalue weighted by molar-refractivity contribution is -0.119. The normalized spacial score (nSPS) is 20.9. The Bertz CT molecular complexity index is 1140. The van der Waals surface area contributed by atoms with Crippen molar-refractivity contribution in [2.45, 2.75) is 104 Å². The molecule has 0 unspecified atom stereocenters. The van der Waals surface area contributed by atoms with E-state index in [1.54, 1.807) is 0 Å². The quantitative estimate of drug-likeness (QED) is 0.350. The standard InChI is InChI=1S/C34H49N3O/c1-10-26-16-14-13-15-17-28(26)29-22-23-33(7,8)37(9)31(35-29)30(24(4)5)32(38)36-34(11-2,12-3)27-20-18-25(6)19-21-27/h13-14,16-21,29,35H,4,10-12,15,22-23H2,1-3,5-9H3,(H,36,38)/b31-30+/t29-/m1/s1. The van der Waals surface area contributed by atoms with Gasteiger partial charge in [0, 0.05) is 12.6 Å². The third-order valence-electron chi connectivity index (χ3n) is 8.69. The molecule has 0 spiro atoms. The first kappa shape index (κ1) is 29.5. The van der Waals surface area contributed by atoms with Crippen LogP contribution in [0.3, 0.4) is 0 Å². The van der Waals surface area contributed by atoms with Crippen molar-refractivity contribution >= 4 is 5.91 Å². The highest BCUT2D eigenvalue weighted by molar-refractivity contribution is 5.98. The van der Waals surface area contributed by atoms with E-state index in [1.807, 2.05) is 6.92 Å². The highest BCUT2D eigenvalue weighted by Gasteiger charge is 2.37. The third kappa shape index (κ3) is 6.17. The minimum Gasteiger partial charge on any atom is -0.364 e. The highest BCUT2D eigenvalue weighted by Crippen LogP contribution is 2.35. The average molecular weight is 516 g/mol. The molecule has 0 saturated carbocycles. The Morgan fingerprint density at radius 3 is 2.42 bits per heavy atom. The molecule has 1 aromatic rings. The molecule has 38 heavy (non-hydrogen) atoms. The Kier molecular flexibility index (Phi) is 9.51. The van der Waals surface area contributed by atoms with Crippen LogP contribution in [0.25, 0.3) is 0 Å². The van der Waals surface area contributed by atoms with Crippen molar-refractivity contribution < 1.29 is 4.79 Å². The number of nitrogens with zero attached hydrogens (tertiary/aromatic N) is 1. The van der Waals surface area contributed by atoms with Gasteiger partial charge < -0.3 is 15.5 Å². The van der Waals surface area contributed by atoms with E-state index in [-0.39, 0.29) is 17.5 Å². The minimum atomic E-state index is -0.447. The number of amides is 1. The zero-order valence-corrected chi connectivity index (χ0v) is 25.0. The van der Waals surface area contributed by atoms with Gasteiger partial charge in [0.1, 0.15) is 5.82 Å². The molecule has 1 aliphatic heterocycles. The second-order valence-electron chi connectivity index (χ2n) is 11.6. The topological polar surface area (TPSA) is 44.4 Å². The Hall–Kier alpha value is -3.01. The van der Waals surface area contributed by atoms with Gasteiger partial charge in [-0.25, -0.2) is 0 Å². The van der Waals surface area contributed by atoms with Gasteiger partial charge in [-0.2, -0.15) is 0 Å². The Morgan fingerprint density at radius 2 is 1.84 bits per heavy atom. The summed E-state index contributed by atoms with van der Waals surface area (Å²) in [6, 6.07) is 8.68. The molecule has 1 fully saturated rings. The van der Waals surface area contributed by atoms with Crippen molar-refractivity contribution in [3.05, 3.63) is 94.4 Å². The van der Waals surface area contributed by atoms with Crippen LogP contribution in [0.1, 0.15) is 91.2 Å². The molecule has 1 aliphatic carbocycles. The van der Waals surface area contributed by atoms with E-state index in [4.69, 9.17) is 0 Å². The Balaban J connectivity index is 2.10. The van der Waals surface area contributed by atoms with Gasteiger partial charge in [0.25, 0.3) is 5.91 Å². The number of allylic oxidation sites excluding steroid dienone is 4. The van der Waals surface area contributed by atoms with Crippen molar-refractivity contribution in [3.63, 3.8) is 0 Å². The molecule has 206 valence electrons. The fourth-order valence-electron chi connectivity index (χ4n) is 5.71. The predicted octanol–water partition coefficient (Wildman–Crippen LogP) is 7.60. The number of aryl methyl sites for hydroxylation is 1. The summed E-state index contributed by atoms with van der Waals surface area (Å²) in [5.41, 5.74) is 5.89. The van der Waals surface area contributed by atoms with Gasteiger partial charge in [0.05, 0.1) is 17.2 Å². The average Bonchev–Trinajstić information content (AvgIpc) is 3.19. The van der Waals surface area contributed by atoms with Crippen molar-refractivity contribution in [2.75, 3.05) is 7.05 Å². The number of benzene rings is 1. The van der Waals surface area contributed by atoms with Crippen LogP contribution in [-0.2, 0) is 10.3 Å². The first-order valence-corrected chi connectivity index (χ1v) is 14.4. The molecular weight excluding hydrogens is 466 g/mol. The molecule has 4 nitrogen and oxygen atoms in total. The molecule has 2 aliphatic rings. The van der Waals surface area contributed by atoms with E-state index in [9.17, 15) is 4.79 Å². The smallest absolute Gasteiger partial charge is 0.255 e. The summed E-state index contributed by atoms with van der Waals surface area (Å²) in [5.74, 6) is 0.788. The summed E-state index contributed by atoms with van der Waals surface area (Å²) in [6.45, 7) is 19.4. The molecule has 0 aromatic heterocycles. The molecular formula is C34H49N3O. The number of carbonyl (C=O) groups is 1. The summed E-state index contributed by atoms with van der Waals surface area (Å²) in [7, 11) is 2.10. The predicted molar refractivity (Wildman–Crippen MR) is 162 cm³/mol. The maximum atomic E-state index is 14.3. The van der Waals surface area contributed by atoms with Crippen LogP contribution in [0.15, 0.2) is 83.3 Å². The number of nitrogens with one attached hydrogen (secondary N) is 2. The molecule has 1 heterocycles. The fourth-order valence-corrected chi connectivity index (χ4v) is 5.71. The van der Waals surface area contributed by atoms with E-state index in [1.165, 1.54) is 16.7 Å². The maximum Gasteiger partial charge on any atom is 0.255 e. The lowest BCUT2D eigenvalue weighted by Gasteiger charge is -2.39.